The molecule has 0 aliphatic carbocycles. The van der Waals surface area contributed by atoms with E-state index in [1.807, 2.05) is 31.2 Å². The minimum atomic E-state index is 0.583. The standard InChI is InChI=1S/C13H20N2O2S/c1-11-4-3-5-12(10-11)17-8-9-18-13(14)15-6-7-16-2/h3-5,10H,6-9H2,1-2H3,(H2,14,15). The highest BCUT2D eigenvalue weighted by Gasteiger charge is 1.96. The van der Waals surface area contributed by atoms with E-state index >= 15 is 0 Å². The number of nitrogens with zero attached hydrogens (tertiary/aromatic N) is 1. The summed E-state index contributed by atoms with van der Waals surface area (Å²) < 4.78 is 10.5. The first-order valence-electron chi connectivity index (χ1n) is 5.83. The lowest BCUT2D eigenvalue weighted by atomic mass is 10.2. The molecule has 0 radical (unpaired) electrons. The van der Waals surface area contributed by atoms with Gasteiger partial charge in [0.05, 0.1) is 19.8 Å². The van der Waals surface area contributed by atoms with E-state index in [2.05, 4.69) is 4.99 Å². The molecule has 1 aromatic carbocycles. The van der Waals surface area contributed by atoms with Crippen molar-refractivity contribution in [3.05, 3.63) is 29.8 Å². The Bertz CT molecular complexity index is 383. The van der Waals surface area contributed by atoms with Crippen LogP contribution < -0.4 is 10.5 Å². The summed E-state index contributed by atoms with van der Waals surface area (Å²) in [5.74, 6) is 1.68. The Morgan fingerprint density at radius 1 is 1.39 bits per heavy atom. The van der Waals surface area contributed by atoms with Crippen LogP contribution in [0.3, 0.4) is 0 Å². The average molecular weight is 268 g/mol. The third-order valence-corrected chi connectivity index (χ3v) is 2.95. The summed E-state index contributed by atoms with van der Waals surface area (Å²) in [5.41, 5.74) is 6.92. The predicted octanol–water partition coefficient (Wildman–Crippen LogP) is 2.07. The minimum absolute atomic E-state index is 0.583. The molecule has 0 aliphatic rings. The van der Waals surface area contributed by atoms with E-state index in [1.54, 1.807) is 7.11 Å². The molecule has 0 spiro atoms. The number of hydrogen-bond donors (Lipinski definition) is 1. The van der Waals surface area contributed by atoms with Gasteiger partial charge in [0, 0.05) is 12.9 Å². The maximum absolute atomic E-state index is 5.72. The van der Waals surface area contributed by atoms with E-state index in [-0.39, 0.29) is 0 Å². The fraction of sp³-hybridized carbons (Fsp3) is 0.462. The second kappa shape index (κ2) is 8.83. The Hall–Kier alpha value is -1.20. The normalized spacial score (nSPS) is 11.6. The number of benzene rings is 1. The molecule has 2 N–H and O–H groups in total. The summed E-state index contributed by atoms with van der Waals surface area (Å²) in [5, 5.41) is 0.583. The molecule has 0 bridgehead atoms. The first-order chi connectivity index (χ1) is 8.72. The number of aryl methyl sites for hydroxylation is 1. The lowest BCUT2D eigenvalue weighted by Gasteiger charge is -2.06. The Morgan fingerprint density at radius 3 is 2.94 bits per heavy atom. The highest BCUT2D eigenvalue weighted by atomic mass is 32.2. The Labute approximate surface area is 113 Å². The Morgan fingerprint density at radius 2 is 2.22 bits per heavy atom. The summed E-state index contributed by atoms with van der Waals surface area (Å²) in [6.45, 7) is 3.87. The Kier molecular flexibility index (Phi) is 7.29. The molecule has 0 unspecified atom stereocenters. The van der Waals surface area contributed by atoms with Gasteiger partial charge >= 0.3 is 0 Å². The van der Waals surface area contributed by atoms with Crippen molar-refractivity contribution in [3.63, 3.8) is 0 Å². The quantitative estimate of drug-likeness (QED) is 0.467. The van der Waals surface area contributed by atoms with E-state index in [1.165, 1.54) is 17.3 Å². The maximum atomic E-state index is 5.72. The number of rotatable bonds is 7. The fourth-order valence-corrected chi connectivity index (χ4v) is 1.86. The number of hydrogen-bond acceptors (Lipinski definition) is 4. The number of aliphatic imine (C=N–C) groups is 1. The van der Waals surface area contributed by atoms with Crippen molar-refractivity contribution in [2.75, 3.05) is 32.6 Å². The van der Waals surface area contributed by atoms with Crippen molar-refractivity contribution in [1.82, 2.24) is 0 Å². The first-order valence-corrected chi connectivity index (χ1v) is 6.82. The van der Waals surface area contributed by atoms with Crippen LogP contribution in [0.4, 0.5) is 0 Å². The van der Waals surface area contributed by atoms with E-state index in [0.717, 1.165) is 11.5 Å². The number of nitrogens with two attached hydrogens (primary N) is 1. The van der Waals surface area contributed by atoms with Gasteiger partial charge in [-0.1, -0.05) is 23.9 Å². The zero-order chi connectivity index (χ0) is 13.2. The first kappa shape index (κ1) is 14.9. The molecular formula is C13H20N2O2S. The molecule has 5 heteroatoms. The van der Waals surface area contributed by atoms with Crippen LogP contribution >= 0.6 is 11.8 Å². The molecule has 0 fully saturated rings. The van der Waals surface area contributed by atoms with Crippen molar-refractivity contribution >= 4 is 16.9 Å². The van der Waals surface area contributed by atoms with Crippen molar-refractivity contribution in [2.24, 2.45) is 10.7 Å². The molecule has 0 heterocycles. The van der Waals surface area contributed by atoms with Gasteiger partial charge in [-0.2, -0.15) is 0 Å². The van der Waals surface area contributed by atoms with Crippen LogP contribution in [0.5, 0.6) is 5.75 Å². The second-order valence-corrected chi connectivity index (χ2v) is 4.84. The molecule has 100 valence electrons. The molecule has 1 rings (SSSR count). The summed E-state index contributed by atoms with van der Waals surface area (Å²) in [7, 11) is 1.65. The van der Waals surface area contributed by atoms with E-state index < -0.39 is 0 Å². The van der Waals surface area contributed by atoms with Crippen LogP contribution in [0.2, 0.25) is 0 Å². The van der Waals surface area contributed by atoms with E-state index in [9.17, 15) is 0 Å². The predicted molar refractivity (Wildman–Crippen MR) is 77.5 cm³/mol. The van der Waals surface area contributed by atoms with Gasteiger partial charge in [0.2, 0.25) is 0 Å². The lowest BCUT2D eigenvalue weighted by Crippen LogP contribution is -2.12. The molecule has 0 saturated heterocycles. The topological polar surface area (TPSA) is 56.8 Å². The third kappa shape index (κ3) is 6.51. The van der Waals surface area contributed by atoms with Gasteiger partial charge in [0.15, 0.2) is 5.17 Å². The van der Waals surface area contributed by atoms with E-state index in [0.29, 0.717) is 24.9 Å². The summed E-state index contributed by atoms with van der Waals surface area (Å²) in [6, 6.07) is 7.99. The largest absolute Gasteiger partial charge is 0.493 e. The van der Waals surface area contributed by atoms with Crippen LogP contribution in [0, 0.1) is 6.92 Å². The molecule has 18 heavy (non-hydrogen) atoms. The van der Waals surface area contributed by atoms with Gasteiger partial charge in [0.1, 0.15) is 5.75 Å². The summed E-state index contributed by atoms with van der Waals surface area (Å²) >= 11 is 1.50. The third-order valence-electron chi connectivity index (χ3n) is 2.15. The molecule has 0 aromatic heterocycles. The van der Waals surface area contributed by atoms with Gasteiger partial charge in [0.25, 0.3) is 0 Å². The smallest absolute Gasteiger partial charge is 0.154 e. The van der Waals surface area contributed by atoms with Crippen LogP contribution in [0.15, 0.2) is 29.3 Å². The van der Waals surface area contributed by atoms with Gasteiger partial charge < -0.3 is 15.2 Å². The molecular weight excluding hydrogens is 248 g/mol. The maximum Gasteiger partial charge on any atom is 0.154 e. The summed E-state index contributed by atoms with van der Waals surface area (Å²) in [6.07, 6.45) is 0. The Balaban J connectivity index is 2.16. The zero-order valence-electron chi connectivity index (χ0n) is 10.9. The fourth-order valence-electron chi connectivity index (χ4n) is 1.30. The number of thioether (sulfide) groups is 1. The van der Waals surface area contributed by atoms with Crippen molar-refractivity contribution in [3.8, 4) is 5.75 Å². The average Bonchev–Trinajstić information content (AvgIpc) is 2.35. The SMILES string of the molecule is COCCN=C(N)SCCOc1cccc(C)c1. The van der Waals surface area contributed by atoms with Gasteiger partial charge in [-0.3, -0.25) is 4.99 Å². The second-order valence-electron chi connectivity index (χ2n) is 3.73. The zero-order valence-corrected chi connectivity index (χ0v) is 11.7. The number of ether oxygens (including phenoxy) is 2. The highest BCUT2D eigenvalue weighted by Crippen LogP contribution is 2.12. The molecule has 4 nitrogen and oxygen atoms in total. The minimum Gasteiger partial charge on any atom is -0.493 e. The lowest BCUT2D eigenvalue weighted by molar-refractivity contribution is 0.208. The molecule has 0 aliphatic heterocycles. The van der Waals surface area contributed by atoms with E-state index in [4.69, 9.17) is 15.2 Å². The number of amidine groups is 1. The van der Waals surface area contributed by atoms with Crippen LogP contribution in [-0.4, -0.2) is 37.8 Å². The van der Waals surface area contributed by atoms with Gasteiger partial charge in [-0.05, 0) is 24.6 Å². The van der Waals surface area contributed by atoms with Gasteiger partial charge in [-0.25, -0.2) is 0 Å². The molecule has 0 atom stereocenters. The summed E-state index contributed by atoms with van der Waals surface area (Å²) in [4.78, 5) is 4.15. The van der Waals surface area contributed by atoms with Crippen molar-refractivity contribution in [1.29, 1.82) is 0 Å². The van der Waals surface area contributed by atoms with Crippen molar-refractivity contribution in [2.45, 2.75) is 6.92 Å². The molecule has 0 amide bonds. The van der Waals surface area contributed by atoms with Gasteiger partial charge in [-0.15, -0.1) is 0 Å². The number of methoxy groups -OCH3 is 1. The molecule has 0 saturated carbocycles. The monoisotopic (exact) mass is 268 g/mol. The highest BCUT2D eigenvalue weighted by molar-refractivity contribution is 8.13. The van der Waals surface area contributed by atoms with Crippen molar-refractivity contribution < 1.29 is 9.47 Å². The van der Waals surface area contributed by atoms with Crippen LogP contribution in [0.25, 0.3) is 0 Å². The van der Waals surface area contributed by atoms with Crippen LogP contribution in [-0.2, 0) is 4.74 Å². The molecule has 1 aromatic rings. The van der Waals surface area contributed by atoms with Crippen LogP contribution in [0.1, 0.15) is 5.56 Å².